The second kappa shape index (κ2) is 17.7. The van der Waals surface area contributed by atoms with Crippen molar-refractivity contribution in [2.24, 2.45) is 5.73 Å². The molecule has 2 aromatic carbocycles. The average molecular weight is 533 g/mol. The van der Waals surface area contributed by atoms with Crippen molar-refractivity contribution in [2.75, 3.05) is 40.4 Å². The average Bonchev–Trinajstić information content (AvgIpc) is 3.64. The molecule has 0 atom stereocenters. The van der Waals surface area contributed by atoms with Gasteiger partial charge in [-0.25, -0.2) is 9.59 Å². The van der Waals surface area contributed by atoms with Crippen LogP contribution in [0.4, 0.5) is 9.59 Å². The summed E-state index contributed by atoms with van der Waals surface area (Å²) in [7, 11) is 2.59. The summed E-state index contributed by atoms with van der Waals surface area (Å²) in [5.41, 5.74) is 9.82. The number of nitrogens with two attached hydrogens (primary N) is 1. The van der Waals surface area contributed by atoms with Crippen molar-refractivity contribution < 1.29 is 19.1 Å². The van der Waals surface area contributed by atoms with Crippen LogP contribution in [0.1, 0.15) is 47.9 Å². The van der Waals surface area contributed by atoms with Gasteiger partial charge in [-0.2, -0.15) is 0 Å². The van der Waals surface area contributed by atoms with Gasteiger partial charge in [-0.1, -0.05) is 48.5 Å². The molecule has 2 heterocycles. The lowest BCUT2D eigenvalue weighted by Crippen LogP contribution is -2.22. The number of likely N-dealkylation sites (tertiary alicyclic amines) is 2. The van der Waals surface area contributed by atoms with Gasteiger partial charge in [0.25, 0.3) is 0 Å². The second-order valence-electron chi connectivity index (χ2n) is 9.09. The second-order valence-corrected chi connectivity index (χ2v) is 9.40. The Morgan fingerprint density at radius 1 is 0.757 bits per heavy atom. The number of alkyl carbamates (subject to hydrolysis) is 1. The van der Waals surface area contributed by atoms with Crippen LogP contribution < -0.4 is 11.1 Å². The third-order valence-electron chi connectivity index (χ3n) is 6.27. The van der Waals surface area contributed by atoms with Gasteiger partial charge >= 0.3 is 11.5 Å². The van der Waals surface area contributed by atoms with Crippen LogP contribution in [0.2, 0.25) is 0 Å². The number of hydrogen-bond acceptors (Lipinski definition) is 7. The SMILES string of the molecule is COC(=O)Cl.COC(=O)NCc1ccc(CN2CCCC2)cc1.NCc1ccc(CN2CCCC2)cc1. The van der Waals surface area contributed by atoms with E-state index in [-0.39, 0.29) is 0 Å². The molecule has 0 spiro atoms. The monoisotopic (exact) mass is 532 g/mol. The normalized spacial score (nSPS) is 15.1. The van der Waals surface area contributed by atoms with E-state index in [2.05, 4.69) is 84.7 Å². The maximum atomic E-state index is 10.9. The number of carbonyl (C=O) groups is 2. The Balaban J connectivity index is 0.000000225. The Hall–Kier alpha value is -2.65. The first kappa shape index (κ1) is 30.6. The molecule has 2 aromatic rings. The third-order valence-corrected chi connectivity index (χ3v) is 6.43. The summed E-state index contributed by atoms with van der Waals surface area (Å²) < 4.78 is 8.40. The molecule has 37 heavy (non-hydrogen) atoms. The standard InChI is InChI=1S/C14H20N2O2.C12H18N2.C2H3ClO2/c1-18-14(17)15-10-12-4-6-13(7-5-12)11-16-8-2-3-9-16;13-9-11-3-5-12(6-4-11)10-14-7-1-2-8-14;1-5-2(3)4/h4-7H,2-3,8-11H2,1H3,(H,15,17);3-6H,1-2,7-10,13H2;1H3. The molecule has 9 heteroatoms. The van der Waals surface area contributed by atoms with Crippen LogP contribution in [0.5, 0.6) is 0 Å². The summed E-state index contributed by atoms with van der Waals surface area (Å²) in [6, 6.07) is 17.0. The maximum absolute atomic E-state index is 10.9. The Morgan fingerprint density at radius 3 is 1.49 bits per heavy atom. The van der Waals surface area contributed by atoms with Gasteiger partial charge in [-0.05, 0) is 74.1 Å². The number of ether oxygens (including phenoxy) is 2. The zero-order chi connectivity index (χ0) is 26.9. The number of amides is 1. The van der Waals surface area contributed by atoms with Crippen LogP contribution in [0.25, 0.3) is 0 Å². The van der Waals surface area contributed by atoms with E-state index in [1.165, 1.54) is 82.8 Å². The highest BCUT2D eigenvalue weighted by molar-refractivity contribution is 6.61. The minimum absolute atomic E-state index is 0.392. The molecule has 0 aliphatic carbocycles. The highest BCUT2D eigenvalue weighted by Gasteiger charge is 2.12. The molecule has 1 amide bonds. The zero-order valence-electron chi connectivity index (χ0n) is 22.1. The third kappa shape index (κ3) is 12.9. The number of benzene rings is 2. The van der Waals surface area contributed by atoms with E-state index >= 15 is 0 Å². The van der Waals surface area contributed by atoms with Gasteiger partial charge in [0.1, 0.15) is 0 Å². The summed E-state index contributed by atoms with van der Waals surface area (Å²) in [5, 5.41) is 2.67. The molecular formula is C28H41ClN4O4. The Morgan fingerprint density at radius 2 is 1.14 bits per heavy atom. The summed E-state index contributed by atoms with van der Waals surface area (Å²) in [5.74, 6) is 0. The van der Waals surface area contributed by atoms with Gasteiger partial charge in [0, 0.05) is 37.8 Å². The van der Waals surface area contributed by atoms with Crippen LogP contribution >= 0.6 is 11.6 Å². The first-order valence-corrected chi connectivity index (χ1v) is 13.2. The fourth-order valence-corrected chi connectivity index (χ4v) is 4.19. The van der Waals surface area contributed by atoms with E-state index in [1.54, 1.807) is 0 Å². The quantitative estimate of drug-likeness (QED) is 0.491. The van der Waals surface area contributed by atoms with Gasteiger partial charge in [0.05, 0.1) is 14.2 Å². The molecule has 204 valence electrons. The van der Waals surface area contributed by atoms with Crippen LogP contribution in [-0.4, -0.2) is 61.7 Å². The maximum Gasteiger partial charge on any atom is 0.407 e. The van der Waals surface area contributed by atoms with Crippen molar-refractivity contribution in [3.63, 3.8) is 0 Å². The van der Waals surface area contributed by atoms with Crippen LogP contribution in [-0.2, 0) is 35.7 Å². The minimum Gasteiger partial charge on any atom is -0.457 e. The molecule has 2 aliphatic rings. The highest BCUT2D eigenvalue weighted by atomic mass is 35.5. The number of halogens is 1. The summed E-state index contributed by atoms with van der Waals surface area (Å²) >= 11 is 4.60. The molecule has 2 aliphatic heterocycles. The number of hydrogen-bond donors (Lipinski definition) is 2. The molecule has 4 rings (SSSR count). The molecule has 0 aromatic heterocycles. The van der Waals surface area contributed by atoms with Crippen molar-refractivity contribution in [3.05, 3.63) is 70.8 Å². The number of nitrogens with one attached hydrogen (secondary N) is 1. The van der Waals surface area contributed by atoms with Crippen LogP contribution in [0, 0.1) is 0 Å². The Bertz CT molecular complexity index is 913. The molecule has 0 unspecified atom stereocenters. The van der Waals surface area contributed by atoms with Gasteiger partial charge in [-0.15, -0.1) is 0 Å². The van der Waals surface area contributed by atoms with Gasteiger partial charge < -0.3 is 20.5 Å². The lowest BCUT2D eigenvalue weighted by Gasteiger charge is -2.14. The molecule has 0 saturated carbocycles. The fourth-order valence-electron chi connectivity index (χ4n) is 4.19. The molecule has 0 bridgehead atoms. The van der Waals surface area contributed by atoms with E-state index in [1.807, 2.05) is 0 Å². The minimum atomic E-state index is -0.773. The van der Waals surface area contributed by atoms with Crippen molar-refractivity contribution in [3.8, 4) is 0 Å². The highest BCUT2D eigenvalue weighted by Crippen LogP contribution is 2.14. The van der Waals surface area contributed by atoms with E-state index in [9.17, 15) is 9.59 Å². The topological polar surface area (TPSA) is 97.1 Å². The molecular weight excluding hydrogens is 492 g/mol. The lowest BCUT2D eigenvalue weighted by molar-refractivity contribution is 0.170. The summed E-state index contributed by atoms with van der Waals surface area (Å²) in [4.78, 5) is 25.3. The van der Waals surface area contributed by atoms with Crippen molar-refractivity contribution >= 4 is 23.1 Å². The summed E-state index contributed by atoms with van der Waals surface area (Å²) in [6.07, 6.45) is 4.97. The van der Waals surface area contributed by atoms with Crippen molar-refractivity contribution in [1.29, 1.82) is 0 Å². The molecule has 8 nitrogen and oxygen atoms in total. The van der Waals surface area contributed by atoms with Crippen molar-refractivity contribution in [1.82, 2.24) is 15.1 Å². The number of nitrogens with zero attached hydrogens (tertiary/aromatic N) is 2. The molecule has 3 N–H and O–H groups in total. The smallest absolute Gasteiger partial charge is 0.407 e. The van der Waals surface area contributed by atoms with Gasteiger partial charge in [-0.3, -0.25) is 9.80 Å². The van der Waals surface area contributed by atoms with Crippen LogP contribution in [0.15, 0.2) is 48.5 Å². The van der Waals surface area contributed by atoms with Gasteiger partial charge in [0.15, 0.2) is 0 Å². The summed E-state index contributed by atoms with van der Waals surface area (Å²) in [6.45, 7) is 8.24. The van der Waals surface area contributed by atoms with E-state index in [0.717, 1.165) is 18.7 Å². The van der Waals surface area contributed by atoms with E-state index < -0.39 is 11.5 Å². The largest absolute Gasteiger partial charge is 0.457 e. The molecule has 2 fully saturated rings. The lowest BCUT2D eigenvalue weighted by atomic mass is 10.1. The zero-order valence-corrected chi connectivity index (χ0v) is 22.8. The number of methoxy groups -OCH3 is 2. The Labute approximate surface area is 226 Å². The molecule has 2 saturated heterocycles. The number of carbonyl (C=O) groups excluding carboxylic acids is 2. The Kier molecular flexibility index (Phi) is 14.7. The van der Waals surface area contributed by atoms with Crippen LogP contribution in [0.3, 0.4) is 0 Å². The number of rotatable bonds is 7. The first-order valence-electron chi connectivity index (χ1n) is 12.8. The molecule has 0 radical (unpaired) electrons. The van der Waals surface area contributed by atoms with E-state index in [4.69, 9.17) is 5.73 Å². The van der Waals surface area contributed by atoms with Crippen molar-refractivity contribution in [2.45, 2.75) is 51.9 Å². The van der Waals surface area contributed by atoms with E-state index in [0.29, 0.717) is 13.1 Å². The predicted molar refractivity (Wildman–Crippen MR) is 147 cm³/mol. The predicted octanol–water partition coefficient (Wildman–Crippen LogP) is 4.87. The fraction of sp³-hybridized carbons (Fsp3) is 0.500. The van der Waals surface area contributed by atoms with Gasteiger partial charge in [0.2, 0.25) is 0 Å². The first-order chi connectivity index (χ1) is 17.9.